The topological polar surface area (TPSA) is 108 Å². The van der Waals surface area contributed by atoms with E-state index in [1.54, 1.807) is 16.8 Å². The quantitative estimate of drug-likeness (QED) is 0.718. The minimum absolute atomic E-state index is 0.240. The number of hydrogen-bond acceptors (Lipinski definition) is 6. The number of nitrogens with two attached hydrogens (primary N) is 1. The number of hydrogen-bond donors (Lipinski definition) is 2. The van der Waals surface area contributed by atoms with Crippen LogP contribution in [0.25, 0.3) is 11.0 Å². The smallest absolute Gasteiger partial charge is 0.326 e. The minimum atomic E-state index is -0.240. The summed E-state index contributed by atoms with van der Waals surface area (Å²) in [6.45, 7) is 4.31. The van der Waals surface area contributed by atoms with Gasteiger partial charge in [0.1, 0.15) is 5.52 Å². The molecule has 0 aromatic carbocycles. The summed E-state index contributed by atoms with van der Waals surface area (Å²) in [7, 11) is 0. The van der Waals surface area contributed by atoms with E-state index in [4.69, 9.17) is 15.2 Å². The second kappa shape index (κ2) is 6.80. The zero-order valence-electron chi connectivity index (χ0n) is 14.6. The Morgan fingerprint density at radius 2 is 2.35 bits per heavy atom. The van der Waals surface area contributed by atoms with Gasteiger partial charge in [-0.1, -0.05) is 6.07 Å². The van der Waals surface area contributed by atoms with Gasteiger partial charge in [-0.2, -0.15) is 4.98 Å². The molecular formula is C18H21N5O3. The summed E-state index contributed by atoms with van der Waals surface area (Å²) in [6.07, 6.45) is 2.75. The maximum atomic E-state index is 12.4. The molecular weight excluding hydrogens is 334 g/mol. The molecule has 8 heteroatoms. The van der Waals surface area contributed by atoms with Gasteiger partial charge in [-0.3, -0.25) is 9.55 Å². The van der Waals surface area contributed by atoms with Crippen LogP contribution in [-0.2, 0) is 11.3 Å². The standard InChI is InChI=1S/C18H21N5O3/c1-11-2-3-12(7-20-11)8-23-14-6-15(26-10-13-4-5-25-9-13)21-17(19)16(14)22-18(23)24/h2-3,6-7,13H,4-5,8-10H2,1H3,(H2,19,21)(H,22,24)/t13-/m1/s1. The van der Waals surface area contributed by atoms with Crippen molar-refractivity contribution in [1.82, 2.24) is 19.5 Å². The maximum absolute atomic E-state index is 12.4. The minimum Gasteiger partial charge on any atom is -0.477 e. The molecule has 4 rings (SSSR count). The number of H-pyrrole nitrogens is 1. The van der Waals surface area contributed by atoms with Crippen LogP contribution in [-0.4, -0.2) is 39.3 Å². The molecule has 0 amide bonds. The zero-order valence-corrected chi connectivity index (χ0v) is 14.6. The van der Waals surface area contributed by atoms with Crippen LogP contribution >= 0.6 is 0 Å². The number of rotatable bonds is 5. The van der Waals surface area contributed by atoms with Crippen molar-refractivity contribution in [3.05, 3.63) is 46.1 Å². The summed E-state index contributed by atoms with van der Waals surface area (Å²) >= 11 is 0. The van der Waals surface area contributed by atoms with Crippen LogP contribution < -0.4 is 16.2 Å². The summed E-state index contributed by atoms with van der Waals surface area (Å²) in [4.78, 5) is 23.7. The first-order valence-electron chi connectivity index (χ1n) is 8.61. The van der Waals surface area contributed by atoms with Crippen molar-refractivity contribution in [2.45, 2.75) is 19.9 Å². The summed E-state index contributed by atoms with van der Waals surface area (Å²) in [5.74, 6) is 1.02. The lowest BCUT2D eigenvalue weighted by molar-refractivity contribution is 0.165. The molecule has 3 aromatic rings. The van der Waals surface area contributed by atoms with Crippen molar-refractivity contribution in [3.63, 3.8) is 0 Å². The Labute approximate surface area is 150 Å². The summed E-state index contributed by atoms with van der Waals surface area (Å²) in [6, 6.07) is 5.63. The molecule has 3 N–H and O–H groups in total. The fourth-order valence-electron chi connectivity index (χ4n) is 3.08. The summed E-state index contributed by atoms with van der Waals surface area (Å²) in [5, 5.41) is 0. The lowest BCUT2D eigenvalue weighted by Crippen LogP contribution is -2.17. The number of aromatic amines is 1. The monoisotopic (exact) mass is 355 g/mol. The predicted octanol–water partition coefficient (Wildman–Crippen LogP) is 1.47. The van der Waals surface area contributed by atoms with Gasteiger partial charge in [0.05, 0.1) is 25.3 Å². The summed E-state index contributed by atoms with van der Waals surface area (Å²) < 4.78 is 12.8. The van der Waals surface area contributed by atoms with Gasteiger partial charge in [0, 0.05) is 30.5 Å². The molecule has 3 aromatic heterocycles. The molecule has 4 heterocycles. The van der Waals surface area contributed by atoms with Crippen molar-refractivity contribution in [1.29, 1.82) is 0 Å². The average Bonchev–Trinajstić information content (AvgIpc) is 3.24. The summed E-state index contributed by atoms with van der Waals surface area (Å²) in [5.41, 5.74) is 8.83. The number of ether oxygens (including phenoxy) is 2. The van der Waals surface area contributed by atoms with Gasteiger partial charge < -0.3 is 20.2 Å². The Balaban J connectivity index is 1.64. The first-order chi connectivity index (χ1) is 12.6. The first-order valence-corrected chi connectivity index (χ1v) is 8.61. The van der Waals surface area contributed by atoms with Crippen LogP contribution in [0.4, 0.5) is 5.82 Å². The molecule has 0 saturated carbocycles. The molecule has 0 unspecified atom stereocenters. The van der Waals surface area contributed by atoms with E-state index in [-0.39, 0.29) is 11.5 Å². The SMILES string of the molecule is Cc1ccc(Cn2c(=O)[nH]c3c(N)nc(OC[C@@H]4CCOC4)cc32)cn1. The van der Waals surface area contributed by atoms with E-state index in [1.165, 1.54) is 0 Å². The van der Waals surface area contributed by atoms with Gasteiger partial charge in [-0.15, -0.1) is 0 Å². The van der Waals surface area contributed by atoms with Crippen molar-refractivity contribution in [2.75, 3.05) is 25.6 Å². The number of anilines is 1. The highest BCUT2D eigenvalue weighted by atomic mass is 16.5. The van der Waals surface area contributed by atoms with Crippen LogP contribution in [0.3, 0.4) is 0 Å². The fourth-order valence-corrected chi connectivity index (χ4v) is 3.08. The Morgan fingerprint density at radius 3 is 3.08 bits per heavy atom. The van der Waals surface area contributed by atoms with Gasteiger partial charge in [0.25, 0.3) is 0 Å². The first kappa shape index (κ1) is 16.6. The largest absolute Gasteiger partial charge is 0.477 e. The average molecular weight is 355 g/mol. The van der Waals surface area contributed by atoms with Gasteiger partial charge in [0.15, 0.2) is 5.82 Å². The highest BCUT2D eigenvalue weighted by molar-refractivity contribution is 5.85. The van der Waals surface area contributed by atoms with Crippen LogP contribution in [0.15, 0.2) is 29.2 Å². The third kappa shape index (κ3) is 3.28. The second-order valence-electron chi connectivity index (χ2n) is 6.60. The number of aryl methyl sites for hydroxylation is 1. The zero-order chi connectivity index (χ0) is 18.1. The van der Waals surface area contributed by atoms with E-state index in [2.05, 4.69) is 15.0 Å². The lowest BCUT2D eigenvalue weighted by Gasteiger charge is -2.11. The number of pyridine rings is 2. The highest BCUT2D eigenvalue weighted by Gasteiger charge is 2.18. The van der Waals surface area contributed by atoms with Crippen molar-refractivity contribution in [2.24, 2.45) is 5.92 Å². The van der Waals surface area contributed by atoms with Crippen LogP contribution in [0.1, 0.15) is 17.7 Å². The van der Waals surface area contributed by atoms with Gasteiger partial charge in [0.2, 0.25) is 5.88 Å². The molecule has 136 valence electrons. The van der Waals surface area contributed by atoms with E-state index in [0.717, 1.165) is 24.3 Å². The Hall–Kier alpha value is -2.87. The van der Waals surface area contributed by atoms with Crippen molar-refractivity contribution >= 4 is 16.9 Å². The molecule has 1 aliphatic rings. The predicted molar refractivity (Wildman–Crippen MR) is 97.3 cm³/mol. The number of aromatic nitrogens is 4. The molecule has 1 atom stereocenters. The molecule has 1 fully saturated rings. The fraction of sp³-hybridized carbons (Fsp3) is 0.389. The van der Waals surface area contributed by atoms with Gasteiger partial charge in [-0.25, -0.2) is 4.79 Å². The van der Waals surface area contributed by atoms with Crippen LogP contribution in [0.2, 0.25) is 0 Å². The maximum Gasteiger partial charge on any atom is 0.326 e. The molecule has 1 aliphatic heterocycles. The Kier molecular flexibility index (Phi) is 4.34. The lowest BCUT2D eigenvalue weighted by atomic mass is 10.1. The van der Waals surface area contributed by atoms with E-state index < -0.39 is 0 Å². The van der Waals surface area contributed by atoms with E-state index in [1.807, 2.05) is 19.1 Å². The molecule has 26 heavy (non-hydrogen) atoms. The second-order valence-corrected chi connectivity index (χ2v) is 6.60. The third-order valence-electron chi connectivity index (χ3n) is 4.58. The van der Waals surface area contributed by atoms with Crippen LogP contribution in [0, 0.1) is 12.8 Å². The van der Waals surface area contributed by atoms with Crippen molar-refractivity contribution < 1.29 is 9.47 Å². The molecule has 1 saturated heterocycles. The third-order valence-corrected chi connectivity index (χ3v) is 4.58. The molecule has 0 bridgehead atoms. The number of fused-ring (bicyclic) bond motifs is 1. The van der Waals surface area contributed by atoms with Crippen molar-refractivity contribution in [3.8, 4) is 5.88 Å². The van der Waals surface area contributed by atoms with Gasteiger partial charge in [-0.05, 0) is 25.0 Å². The van der Waals surface area contributed by atoms with E-state index in [9.17, 15) is 4.79 Å². The number of imidazole rings is 1. The molecule has 0 aliphatic carbocycles. The normalized spacial score (nSPS) is 17.0. The Morgan fingerprint density at radius 1 is 1.46 bits per heavy atom. The van der Waals surface area contributed by atoms with E-state index in [0.29, 0.717) is 42.6 Å². The number of nitrogens with zero attached hydrogens (tertiary/aromatic N) is 3. The molecule has 0 spiro atoms. The number of nitrogen functional groups attached to an aromatic ring is 1. The molecule has 8 nitrogen and oxygen atoms in total. The highest BCUT2D eigenvalue weighted by Crippen LogP contribution is 2.23. The number of nitrogens with one attached hydrogen (secondary N) is 1. The van der Waals surface area contributed by atoms with Crippen LogP contribution in [0.5, 0.6) is 5.88 Å². The molecule has 0 radical (unpaired) electrons. The van der Waals surface area contributed by atoms with Gasteiger partial charge >= 0.3 is 5.69 Å². The van der Waals surface area contributed by atoms with E-state index >= 15 is 0 Å². The Bertz CT molecular complexity index is 971.